The fourth-order valence-corrected chi connectivity index (χ4v) is 20.5. The van der Waals surface area contributed by atoms with Crippen LogP contribution in [0.25, 0.3) is 198 Å². The molecule has 4 heteroatoms. The second kappa shape index (κ2) is 32.7. The molecular weight excluding hydrogens is 1570 g/mol. The van der Waals surface area contributed by atoms with E-state index < -0.39 is 0 Å². The van der Waals surface area contributed by atoms with Crippen LogP contribution in [0.3, 0.4) is 0 Å². The van der Waals surface area contributed by atoms with Crippen molar-refractivity contribution in [1.82, 2.24) is 9.13 Å². The van der Waals surface area contributed by atoms with Crippen molar-refractivity contribution in [3.05, 3.63) is 510 Å². The van der Waals surface area contributed by atoms with Crippen molar-refractivity contribution >= 4 is 142 Å². The van der Waals surface area contributed by atoms with E-state index in [1.165, 1.54) is 186 Å². The molecule has 25 aromatic rings. The predicted molar refractivity (Wildman–Crippen MR) is 554 cm³/mol. The van der Waals surface area contributed by atoms with Crippen LogP contribution in [-0.2, 0) is 0 Å². The third-order valence-electron chi connectivity index (χ3n) is 26.3. The molecule has 0 bridgehead atoms. The quantitative estimate of drug-likeness (QED) is 0.0951. The summed E-state index contributed by atoms with van der Waals surface area (Å²) in [4.78, 5) is 4.79. The Bertz CT molecular complexity index is 8470. The van der Waals surface area contributed by atoms with Crippen LogP contribution in [0.5, 0.6) is 0 Å². The monoisotopic (exact) mass is 1650 g/mol. The molecule has 0 radical (unpaired) electrons. The lowest BCUT2D eigenvalue weighted by molar-refractivity contribution is 1.18. The summed E-state index contributed by atoms with van der Waals surface area (Å²) in [6, 6.07) is 186. The Morgan fingerprint density at radius 2 is 0.354 bits per heavy atom. The number of para-hydroxylation sites is 4. The molecule has 25 rings (SSSR count). The van der Waals surface area contributed by atoms with Gasteiger partial charge < -0.3 is 18.9 Å². The topological polar surface area (TPSA) is 16.3 Å². The molecule has 0 amide bonds. The van der Waals surface area contributed by atoms with E-state index in [4.69, 9.17) is 0 Å². The molecule has 0 aliphatic heterocycles. The Hall–Kier alpha value is -17.2. The zero-order valence-corrected chi connectivity index (χ0v) is 71.3. The lowest BCUT2D eigenvalue weighted by atomic mass is 9.86. The van der Waals surface area contributed by atoms with Crippen LogP contribution in [0.1, 0.15) is 0 Å². The van der Waals surface area contributed by atoms with Crippen molar-refractivity contribution in [2.24, 2.45) is 0 Å². The van der Waals surface area contributed by atoms with Crippen molar-refractivity contribution in [2.75, 3.05) is 9.80 Å². The van der Waals surface area contributed by atoms with E-state index in [9.17, 15) is 0 Å². The van der Waals surface area contributed by atoms with Gasteiger partial charge in [-0.3, -0.25) is 0 Å². The second-order valence-corrected chi connectivity index (χ2v) is 33.7. The van der Waals surface area contributed by atoms with Crippen LogP contribution in [0.15, 0.2) is 510 Å². The molecule has 130 heavy (non-hydrogen) atoms. The zero-order chi connectivity index (χ0) is 86.0. The highest BCUT2D eigenvalue weighted by atomic mass is 15.1. The van der Waals surface area contributed by atoms with E-state index in [1.807, 2.05) is 0 Å². The van der Waals surface area contributed by atoms with Gasteiger partial charge in [0.2, 0.25) is 0 Å². The summed E-state index contributed by atoms with van der Waals surface area (Å²) in [6.45, 7) is 0. The lowest BCUT2D eigenvalue weighted by Crippen LogP contribution is -2.10. The summed E-state index contributed by atoms with van der Waals surface area (Å²) < 4.78 is 4.76. The summed E-state index contributed by atoms with van der Waals surface area (Å²) in [5.41, 5.74) is 30.8. The van der Waals surface area contributed by atoms with Crippen molar-refractivity contribution in [2.45, 2.75) is 0 Å². The smallest absolute Gasteiger partial charge is 0.0542 e. The van der Waals surface area contributed by atoms with Crippen molar-refractivity contribution in [3.63, 3.8) is 0 Å². The maximum absolute atomic E-state index is 2.40. The molecule has 0 unspecified atom stereocenters. The molecule has 0 atom stereocenters. The number of benzene rings is 23. The van der Waals surface area contributed by atoms with E-state index in [-0.39, 0.29) is 0 Å². The molecule has 0 fully saturated rings. The minimum absolute atomic E-state index is 1.09. The molecule has 4 nitrogen and oxygen atoms in total. The van der Waals surface area contributed by atoms with E-state index in [2.05, 4.69) is 529 Å². The SMILES string of the molecule is c1ccc(-c2c3ccccc3c(-c3ccc(-c4ccc(N(c5ccc(-c6cccc7ccccc67)cc5)c5ccc6c(c5)c5ccccc5n6-c5ccccc5)cc4)cc3)c3ccccc23)cc1.c1ccc(-c2c3ccccc3c(-c3ccc(N(c4ccc(-c5cccc6ccccc56)cc4)c4ccc5c(c4)c4ccccc4n5-c4ccccc4)cc3)c3ccccc23)cc1. The van der Waals surface area contributed by atoms with Gasteiger partial charge in [0.15, 0.2) is 0 Å². The summed E-state index contributed by atoms with van der Waals surface area (Å²) >= 11 is 0. The minimum atomic E-state index is 1.09. The standard InChI is InChI=1S/C66H44N2.C60H40N2/c1-3-17-49(18-4-1)65-58-24-9-11-26-60(58)66(61-27-12-10-25-59(61)65)50-32-30-45(31-33-50)46-34-38-52(39-35-46)67(53-40-36-48(37-41-53)56-28-15-19-47-16-7-8-22-55(47)56)54-42-43-64-62(44-54)57-23-13-14-29-63(57)68(64)51-20-5-2-6-21-51;1-3-17-43(18-4-1)59-52-24-9-11-26-54(52)60(55-27-12-10-25-53(55)59)44-32-36-47(37-33-44)61(46-34-30-42(31-35-46)50-28-15-19-41-16-7-8-22-49(41)50)48-38-39-58-56(40-48)51-23-13-14-29-57(51)62(58)45-20-5-2-6-21-45/h1-44H;1-40H. The highest BCUT2D eigenvalue weighted by Gasteiger charge is 2.25. The maximum atomic E-state index is 2.40. The van der Waals surface area contributed by atoms with Crippen molar-refractivity contribution < 1.29 is 0 Å². The van der Waals surface area contributed by atoms with Gasteiger partial charge >= 0.3 is 0 Å². The Balaban J connectivity index is 0.000000145. The van der Waals surface area contributed by atoms with Gasteiger partial charge in [0.05, 0.1) is 22.1 Å². The van der Waals surface area contributed by atoms with Gasteiger partial charge in [-0.2, -0.15) is 0 Å². The molecule has 0 aliphatic rings. The van der Waals surface area contributed by atoms with Gasteiger partial charge in [0.25, 0.3) is 0 Å². The Kier molecular flexibility index (Phi) is 19.3. The number of nitrogens with zero attached hydrogens (tertiary/aromatic N) is 4. The third-order valence-corrected chi connectivity index (χ3v) is 26.3. The van der Waals surface area contributed by atoms with E-state index in [1.54, 1.807) is 0 Å². The fourth-order valence-electron chi connectivity index (χ4n) is 20.5. The normalized spacial score (nSPS) is 11.5. The maximum Gasteiger partial charge on any atom is 0.0542 e. The van der Waals surface area contributed by atoms with Gasteiger partial charge in [0.1, 0.15) is 0 Å². The van der Waals surface area contributed by atoms with Crippen LogP contribution < -0.4 is 9.80 Å². The van der Waals surface area contributed by atoms with Crippen LogP contribution in [0.4, 0.5) is 34.1 Å². The largest absolute Gasteiger partial charge is 0.310 e. The first kappa shape index (κ1) is 76.5. The van der Waals surface area contributed by atoms with Gasteiger partial charge in [-0.1, -0.05) is 388 Å². The van der Waals surface area contributed by atoms with Gasteiger partial charge in [0, 0.05) is 67.0 Å². The van der Waals surface area contributed by atoms with Crippen LogP contribution in [-0.4, -0.2) is 9.13 Å². The number of aromatic nitrogens is 2. The average Bonchev–Trinajstić information content (AvgIpc) is 0.993. The average molecular weight is 1650 g/mol. The summed E-state index contributed by atoms with van der Waals surface area (Å²) in [5.74, 6) is 0. The highest BCUT2D eigenvalue weighted by molar-refractivity contribution is 6.23. The highest BCUT2D eigenvalue weighted by Crippen LogP contribution is 2.50. The molecular formula is C126H84N4. The predicted octanol–water partition coefficient (Wildman–Crippen LogP) is 35.1. The number of rotatable bonds is 15. The second-order valence-electron chi connectivity index (χ2n) is 33.7. The summed E-state index contributed by atoms with van der Waals surface area (Å²) in [7, 11) is 0. The Labute approximate surface area is 754 Å². The van der Waals surface area contributed by atoms with Crippen LogP contribution in [0.2, 0.25) is 0 Å². The first-order valence-corrected chi connectivity index (χ1v) is 44.8. The molecule has 0 aliphatic carbocycles. The van der Waals surface area contributed by atoms with Gasteiger partial charge in [-0.05, 0) is 264 Å². The lowest BCUT2D eigenvalue weighted by Gasteiger charge is -2.26. The molecule has 0 saturated carbocycles. The van der Waals surface area contributed by atoms with Crippen LogP contribution >= 0.6 is 0 Å². The zero-order valence-electron chi connectivity index (χ0n) is 71.3. The van der Waals surface area contributed by atoms with Crippen molar-refractivity contribution in [3.8, 4) is 89.3 Å². The first-order valence-electron chi connectivity index (χ1n) is 44.8. The van der Waals surface area contributed by atoms with E-state index in [0.29, 0.717) is 0 Å². The van der Waals surface area contributed by atoms with Crippen molar-refractivity contribution in [1.29, 1.82) is 0 Å². The number of hydrogen-bond acceptors (Lipinski definition) is 2. The minimum Gasteiger partial charge on any atom is -0.310 e. The van der Waals surface area contributed by atoms with E-state index in [0.717, 1.165) is 45.5 Å². The number of hydrogen-bond donors (Lipinski definition) is 0. The summed E-state index contributed by atoms with van der Waals surface area (Å²) in [6.07, 6.45) is 0. The van der Waals surface area contributed by atoms with Crippen LogP contribution in [0, 0.1) is 0 Å². The molecule has 23 aromatic carbocycles. The molecule has 2 aromatic heterocycles. The number of anilines is 6. The number of fused-ring (bicyclic) bond motifs is 12. The Morgan fingerprint density at radius 3 is 0.685 bits per heavy atom. The Morgan fingerprint density at radius 1 is 0.131 bits per heavy atom. The molecule has 608 valence electrons. The molecule has 2 heterocycles. The fraction of sp³-hybridized carbons (Fsp3) is 0. The summed E-state index contributed by atoms with van der Waals surface area (Å²) in [5, 5.41) is 19.9. The van der Waals surface area contributed by atoms with Gasteiger partial charge in [-0.25, -0.2) is 0 Å². The molecule has 0 spiro atoms. The third kappa shape index (κ3) is 13.5. The first-order chi connectivity index (χ1) is 64.5. The molecule has 0 N–H and O–H groups in total. The van der Waals surface area contributed by atoms with E-state index >= 15 is 0 Å². The van der Waals surface area contributed by atoms with Gasteiger partial charge in [-0.15, -0.1) is 0 Å². The molecule has 0 saturated heterocycles.